The molecule has 0 amide bonds. The minimum atomic E-state index is 0.944. The second-order valence-corrected chi connectivity index (χ2v) is 3.07. The predicted molar refractivity (Wildman–Crippen MR) is 48.9 cm³/mol. The summed E-state index contributed by atoms with van der Waals surface area (Å²) in [6.45, 7) is 1.10. The van der Waals surface area contributed by atoms with Crippen LogP contribution in [0, 0.1) is 0 Å². The third-order valence-corrected chi connectivity index (χ3v) is 1.62. The summed E-state index contributed by atoms with van der Waals surface area (Å²) in [6.07, 6.45) is 5.67. The number of nitrogens with zero attached hydrogens (tertiary/aromatic N) is 3. The van der Waals surface area contributed by atoms with Crippen LogP contribution in [0.1, 0.15) is 12.2 Å². The Morgan fingerprint density at radius 3 is 2.50 bits per heavy atom. The lowest BCUT2D eigenvalue weighted by Crippen LogP contribution is -2.13. The molecule has 0 atom stereocenters. The number of hydrogen-bond acceptors (Lipinski definition) is 3. The van der Waals surface area contributed by atoms with Gasteiger partial charge >= 0.3 is 0 Å². The van der Waals surface area contributed by atoms with E-state index in [2.05, 4.69) is 29.0 Å². The van der Waals surface area contributed by atoms with Gasteiger partial charge in [0.25, 0.3) is 0 Å². The number of aryl methyl sites for hydroxylation is 1. The van der Waals surface area contributed by atoms with Crippen LogP contribution in [0.2, 0.25) is 0 Å². The maximum absolute atomic E-state index is 4.15. The Morgan fingerprint density at radius 1 is 1.25 bits per heavy atom. The first-order chi connectivity index (χ1) is 5.79. The summed E-state index contributed by atoms with van der Waals surface area (Å²) < 4.78 is 0. The van der Waals surface area contributed by atoms with E-state index in [1.165, 1.54) is 0 Å². The van der Waals surface area contributed by atoms with Gasteiger partial charge in [-0.05, 0) is 33.1 Å². The zero-order valence-corrected chi connectivity index (χ0v) is 7.70. The van der Waals surface area contributed by atoms with Gasteiger partial charge in [0.15, 0.2) is 0 Å². The topological polar surface area (TPSA) is 29.0 Å². The van der Waals surface area contributed by atoms with E-state index in [0.29, 0.717) is 0 Å². The second-order valence-electron chi connectivity index (χ2n) is 3.07. The van der Waals surface area contributed by atoms with Gasteiger partial charge in [0.05, 0.1) is 0 Å². The quantitative estimate of drug-likeness (QED) is 0.665. The van der Waals surface area contributed by atoms with Crippen molar-refractivity contribution in [1.29, 1.82) is 0 Å². The minimum Gasteiger partial charge on any atom is -0.309 e. The van der Waals surface area contributed by atoms with Gasteiger partial charge in [-0.15, -0.1) is 0 Å². The highest BCUT2D eigenvalue weighted by Crippen LogP contribution is 1.94. The molecule has 0 aliphatic rings. The van der Waals surface area contributed by atoms with E-state index < -0.39 is 0 Å². The van der Waals surface area contributed by atoms with E-state index in [0.717, 1.165) is 25.2 Å². The third kappa shape index (κ3) is 3.44. The van der Waals surface area contributed by atoms with Gasteiger partial charge in [0.1, 0.15) is 5.82 Å². The molecule has 0 unspecified atom stereocenters. The molecule has 12 heavy (non-hydrogen) atoms. The molecule has 1 aromatic rings. The van der Waals surface area contributed by atoms with Crippen molar-refractivity contribution >= 4 is 0 Å². The molecule has 0 aliphatic carbocycles. The maximum atomic E-state index is 4.15. The van der Waals surface area contributed by atoms with Crippen molar-refractivity contribution in [3.8, 4) is 0 Å². The van der Waals surface area contributed by atoms with E-state index in [1.54, 1.807) is 12.4 Å². The van der Waals surface area contributed by atoms with Crippen LogP contribution < -0.4 is 0 Å². The number of hydrogen-bond donors (Lipinski definition) is 0. The molecule has 66 valence electrons. The van der Waals surface area contributed by atoms with Gasteiger partial charge in [0.2, 0.25) is 0 Å². The Morgan fingerprint density at radius 2 is 1.92 bits per heavy atom. The lowest BCUT2D eigenvalue weighted by atomic mass is 10.3. The fourth-order valence-corrected chi connectivity index (χ4v) is 1.01. The minimum absolute atomic E-state index is 0.944. The number of aromatic nitrogens is 2. The van der Waals surface area contributed by atoms with Gasteiger partial charge in [0, 0.05) is 18.8 Å². The summed E-state index contributed by atoms with van der Waals surface area (Å²) in [5.41, 5.74) is 0. The largest absolute Gasteiger partial charge is 0.309 e. The Kier molecular flexibility index (Phi) is 3.67. The van der Waals surface area contributed by atoms with E-state index in [-0.39, 0.29) is 0 Å². The molecule has 0 fully saturated rings. The Balaban J connectivity index is 2.25. The zero-order chi connectivity index (χ0) is 8.81. The van der Waals surface area contributed by atoms with Crippen LogP contribution in [0.4, 0.5) is 0 Å². The first-order valence-electron chi connectivity index (χ1n) is 4.19. The van der Waals surface area contributed by atoms with Crippen LogP contribution >= 0.6 is 0 Å². The fraction of sp³-hybridized carbons (Fsp3) is 0.556. The van der Waals surface area contributed by atoms with Gasteiger partial charge in [-0.25, -0.2) is 9.97 Å². The highest BCUT2D eigenvalue weighted by atomic mass is 15.0. The van der Waals surface area contributed by atoms with Crippen molar-refractivity contribution in [2.45, 2.75) is 12.8 Å². The van der Waals surface area contributed by atoms with Crippen LogP contribution in [0.25, 0.3) is 0 Å². The molecule has 0 aliphatic heterocycles. The highest BCUT2D eigenvalue weighted by molar-refractivity contribution is 4.88. The molecule has 0 spiro atoms. The molecule has 0 radical (unpaired) electrons. The summed E-state index contributed by atoms with van der Waals surface area (Å²) in [5, 5.41) is 0. The van der Waals surface area contributed by atoms with Crippen LogP contribution in [0.15, 0.2) is 18.5 Å². The summed E-state index contributed by atoms with van der Waals surface area (Å²) in [7, 11) is 4.15. The fourth-order valence-electron chi connectivity index (χ4n) is 1.01. The van der Waals surface area contributed by atoms with Crippen LogP contribution in [0.5, 0.6) is 0 Å². The molecule has 0 bridgehead atoms. The normalized spacial score (nSPS) is 10.6. The first-order valence-corrected chi connectivity index (χ1v) is 4.19. The van der Waals surface area contributed by atoms with Crippen molar-refractivity contribution in [1.82, 2.24) is 14.9 Å². The molecule has 0 saturated carbocycles. The summed E-state index contributed by atoms with van der Waals surface area (Å²) in [5.74, 6) is 0.944. The highest BCUT2D eigenvalue weighted by Gasteiger charge is 1.95. The molecule has 1 heterocycles. The van der Waals surface area contributed by atoms with Gasteiger partial charge < -0.3 is 4.90 Å². The van der Waals surface area contributed by atoms with Crippen LogP contribution in [-0.2, 0) is 6.42 Å². The van der Waals surface area contributed by atoms with Crippen LogP contribution in [-0.4, -0.2) is 35.5 Å². The van der Waals surface area contributed by atoms with Crippen molar-refractivity contribution in [3.05, 3.63) is 24.3 Å². The Labute approximate surface area is 73.5 Å². The first kappa shape index (κ1) is 9.13. The summed E-state index contributed by atoms with van der Waals surface area (Å²) in [6, 6.07) is 1.84. The summed E-state index contributed by atoms with van der Waals surface area (Å²) in [4.78, 5) is 10.5. The molecule has 3 nitrogen and oxygen atoms in total. The predicted octanol–water partition coefficient (Wildman–Crippen LogP) is 0.971. The Hall–Kier alpha value is -0.960. The monoisotopic (exact) mass is 165 g/mol. The molecule has 0 aromatic carbocycles. The average Bonchev–Trinajstić information content (AvgIpc) is 2.05. The molecule has 1 aromatic heterocycles. The van der Waals surface area contributed by atoms with E-state index in [1.807, 2.05) is 6.07 Å². The lowest BCUT2D eigenvalue weighted by molar-refractivity contribution is 0.398. The van der Waals surface area contributed by atoms with Crippen molar-refractivity contribution in [2.24, 2.45) is 0 Å². The SMILES string of the molecule is CN(C)CCCc1ncccn1. The maximum Gasteiger partial charge on any atom is 0.128 e. The van der Waals surface area contributed by atoms with Crippen LogP contribution in [0.3, 0.4) is 0 Å². The van der Waals surface area contributed by atoms with Crippen molar-refractivity contribution in [2.75, 3.05) is 20.6 Å². The van der Waals surface area contributed by atoms with E-state index in [9.17, 15) is 0 Å². The molecule has 0 saturated heterocycles. The molecule has 1 rings (SSSR count). The van der Waals surface area contributed by atoms with Crippen molar-refractivity contribution in [3.63, 3.8) is 0 Å². The molecule has 3 heteroatoms. The number of rotatable bonds is 4. The van der Waals surface area contributed by atoms with Gasteiger partial charge in [-0.1, -0.05) is 0 Å². The zero-order valence-electron chi connectivity index (χ0n) is 7.70. The molecule has 0 N–H and O–H groups in total. The summed E-state index contributed by atoms with van der Waals surface area (Å²) >= 11 is 0. The van der Waals surface area contributed by atoms with Gasteiger partial charge in [-0.3, -0.25) is 0 Å². The molecular weight excluding hydrogens is 150 g/mol. The smallest absolute Gasteiger partial charge is 0.128 e. The Bertz CT molecular complexity index is 208. The van der Waals surface area contributed by atoms with Gasteiger partial charge in [-0.2, -0.15) is 0 Å². The third-order valence-electron chi connectivity index (χ3n) is 1.62. The average molecular weight is 165 g/mol. The lowest BCUT2D eigenvalue weighted by Gasteiger charge is -2.07. The molecular formula is C9H15N3. The van der Waals surface area contributed by atoms with E-state index >= 15 is 0 Å². The standard InChI is InChI=1S/C9H15N3/c1-12(2)8-3-5-9-10-6-4-7-11-9/h4,6-7H,3,5,8H2,1-2H3. The second kappa shape index (κ2) is 4.83. The van der Waals surface area contributed by atoms with Crippen molar-refractivity contribution < 1.29 is 0 Å². The van der Waals surface area contributed by atoms with E-state index in [4.69, 9.17) is 0 Å².